The monoisotopic (exact) mass is 538 g/mol. The Morgan fingerprint density at radius 1 is 1.05 bits per heavy atom. The predicted molar refractivity (Wildman–Crippen MR) is 148 cm³/mol. The summed E-state index contributed by atoms with van der Waals surface area (Å²) in [6, 6.07) is 14.6. The number of alkyl halides is 2. The van der Waals surface area contributed by atoms with Crippen molar-refractivity contribution >= 4 is 17.6 Å². The van der Waals surface area contributed by atoms with Crippen molar-refractivity contribution in [2.75, 3.05) is 36.8 Å². The minimum Gasteiger partial charge on any atom is -0.480 e. The average Bonchev–Trinajstić information content (AvgIpc) is 2.95. The second kappa shape index (κ2) is 14.5. The van der Waals surface area contributed by atoms with E-state index in [0.717, 1.165) is 55.7 Å². The number of halogens is 2. The summed E-state index contributed by atoms with van der Waals surface area (Å²) in [5.74, 6) is 0.363. The van der Waals surface area contributed by atoms with Gasteiger partial charge in [0.2, 0.25) is 6.43 Å². The number of anilines is 2. The van der Waals surface area contributed by atoms with Gasteiger partial charge in [-0.3, -0.25) is 0 Å². The molecule has 208 valence electrons. The summed E-state index contributed by atoms with van der Waals surface area (Å²) >= 11 is 0. The largest absolute Gasteiger partial charge is 0.480 e. The number of carboxylic acid groups (broad SMARTS) is 1. The molecule has 1 atom stereocenters. The second-order valence-corrected chi connectivity index (χ2v) is 9.80. The van der Waals surface area contributed by atoms with E-state index in [2.05, 4.69) is 32.7 Å². The van der Waals surface area contributed by atoms with E-state index in [1.165, 1.54) is 11.9 Å². The minimum atomic E-state index is -2.40. The highest BCUT2D eigenvalue weighted by molar-refractivity contribution is 5.77. The molecular formula is C29H36F2N6O2. The van der Waals surface area contributed by atoms with E-state index in [-0.39, 0.29) is 19.4 Å². The number of nitrogens with zero attached hydrogens (tertiary/aromatic N) is 4. The van der Waals surface area contributed by atoms with Crippen LogP contribution >= 0.6 is 0 Å². The number of carbonyl (C=O) groups is 1. The molecule has 1 aliphatic rings. The SMILES string of the molecule is O=C(O)[C@H](CCN(CCCCc1ccc2c(n1)NCCC2)CCC(F)F)Nc1cc(-c2ccccc2)ncn1. The molecule has 3 heterocycles. The van der Waals surface area contributed by atoms with E-state index in [0.29, 0.717) is 24.6 Å². The van der Waals surface area contributed by atoms with Crippen molar-refractivity contribution in [2.24, 2.45) is 0 Å². The van der Waals surface area contributed by atoms with Gasteiger partial charge in [-0.25, -0.2) is 28.5 Å². The Kier molecular flexibility index (Phi) is 10.5. The van der Waals surface area contributed by atoms with Crippen molar-refractivity contribution in [3.8, 4) is 11.3 Å². The van der Waals surface area contributed by atoms with Crippen molar-refractivity contribution < 1.29 is 18.7 Å². The summed E-state index contributed by atoms with van der Waals surface area (Å²) < 4.78 is 25.9. The number of rotatable bonds is 15. The van der Waals surface area contributed by atoms with Crippen molar-refractivity contribution in [1.82, 2.24) is 19.9 Å². The first-order valence-corrected chi connectivity index (χ1v) is 13.6. The second-order valence-electron chi connectivity index (χ2n) is 9.80. The molecule has 2 aromatic heterocycles. The Hall–Kier alpha value is -3.66. The molecule has 0 saturated heterocycles. The van der Waals surface area contributed by atoms with E-state index < -0.39 is 18.4 Å². The van der Waals surface area contributed by atoms with Crippen LogP contribution in [0.25, 0.3) is 11.3 Å². The van der Waals surface area contributed by atoms with E-state index in [4.69, 9.17) is 4.98 Å². The fraction of sp³-hybridized carbons (Fsp3) is 0.448. The molecule has 0 spiro atoms. The first-order chi connectivity index (χ1) is 19.0. The predicted octanol–water partition coefficient (Wildman–Crippen LogP) is 5.13. The average molecular weight is 539 g/mol. The summed E-state index contributed by atoms with van der Waals surface area (Å²) in [5.41, 5.74) is 3.86. The first kappa shape index (κ1) is 28.4. The van der Waals surface area contributed by atoms with E-state index in [1.54, 1.807) is 6.07 Å². The van der Waals surface area contributed by atoms with Gasteiger partial charge in [0.15, 0.2) is 0 Å². The molecule has 0 bridgehead atoms. The smallest absolute Gasteiger partial charge is 0.326 e. The summed E-state index contributed by atoms with van der Waals surface area (Å²) in [4.78, 5) is 27.1. The van der Waals surface area contributed by atoms with Gasteiger partial charge in [-0.1, -0.05) is 36.4 Å². The molecule has 8 nitrogen and oxygen atoms in total. The normalized spacial score (nSPS) is 13.6. The quantitative estimate of drug-likeness (QED) is 0.229. The van der Waals surface area contributed by atoms with Gasteiger partial charge in [0, 0.05) is 43.4 Å². The van der Waals surface area contributed by atoms with Gasteiger partial charge in [-0.2, -0.15) is 0 Å². The third-order valence-electron chi connectivity index (χ3n) is 6.86. The number of unbranched alkanes of at least 4 members (excludes halogenated alkanes) is 1. The van der Waals surface area contributed by atoms with Crippen LogP contribution in [0.2, 0.25) is 0 Å². The molecule has 1 aliphatic heterocycles. The van der Waals surface area contributed by atoms with Crippen molar-refractivity contribution in [3.63, 3.8) is 0 Å². The summed E-state index contributed by atoms with van der Waals surface area (Å²) in [6.45, 7) is 2.17. The van der Waals surface area contributed by atoms with Crippen LogP contribution in [0.15, 0.2) is 54.9 Å². The van der Waals surface area contributed by atoms with Crippen LogP contribution in [0.3, 0.4) is 0 Å². The molecule has 3 N–H and O–H groups in total. The van der Waals surface area contributed by atoms with Gasteiger partial charge < -0.3 is 20.6 Å². The number of aromatic nitrogens is 3. The number of hydrogen-bond acceptors (Lipinski definition) is 7. The van der Waals surface area contributed by atoms with Crippen LogP contribution in [0.5, 0.6) is 0 Å². The van der Waals surface area contributed by atoms with Gasteiger partial charge in [-0.05, 0) is 56.7 Å². The van der Waals surface area contributed by atoms with Crippen LogP contribution in [0.1, 0.15) is 43.4 Å². The van der Waals surface area contributed by atoms with Gasteiger partial charge in [-0.15, -0.1) is 0 Å². The Morgan fingerprint density at radius 2 is 1.87 bits per heavy atom. The molecule has 4 rings (SSSR count). The molecule has 1 aromatic carbocycles. The first-order valence-electron chi connectivity index (χ1n) is 13.6. The zero-order valence-corrected chi connectivity index (χ0v) is 22.0. The lowest BCUT2D eigenvalue weighted by Gasteiger charge is -2.24. The highest BCUT2D eigenvalue weighted by Crippen LogP contribution is 2.21. The highest BCUT2D eigenvalue weighted by atomic mass is 19.3. The van der Waals surface area contributed by atoms with Crippen LogP contribution < -0.4 is 10.6 Å². The lowest BCUT2D eigenvalue weighted by Crippen LogP contribution is -2.36. The maximum absolute atomic E-state index is 13.0. The molecule has 3 aromatic rings. The number of aryl methyl sites for hydroxylation is 2. The number of carboxylic acids is 1. The van der Waals surface area contributed by atoms with E-state index in [1.807, 2.05) is 35.2 Å². The Morgan fingerprint density at radius 3 is 2.67 bits per heavy atom. The summed E-state index contributed by atoms with van der Waals surface area (Å²) in [5, 5.41) is 16.2. The van der Waals surface area contributed by atoms with Gasteiger partial charge in [0.1, 0.15) is 24.0 Å². The molecule has 0 saturated carbocycles. The topological polar surface area (TPSA) is 103 Å². The molecule has 0 fully saturated rings. The molecule has 39 heavy (non-hydrogen) atoms. The van der Waals surface area contributed by atoms with Crippen LogP contribution in [0, 0.1) is 0 Å². The van der Waals surface area contributed by atoms with Crippen LogP contribution in [0.4, 0.5) is 20.4 Å². The molecule has 0 amide bonds. The molecule has 0 radical (unpaired) electrons. The number of hydrogen-bond donors (Lipinski definition) is 3. The number of pyridine rings is 1. The van der Waals surface area contributed by atoms with Crippen LogP contribution in [-0.4, -0.2) is 69.6 Å². The maximum Gasteiger partial charge on any atom is 0.326 e. The van der Waals surface area contributed by atoms with Crippen LogP contribution in [-0.2, 0) is 17.6 Å². The maximum atomic E-state index is 13.0. The third-order valence-corrected chi connectivity index (χ3v) is 6.86. The van der Waals surface area contributed by atoms with Gasteiger partial charge in [0.25, 0.3) is 0 Å². The van der Waals surface area contributed by atoms with Crippen molar-refractivity contribution in [2.45, 2.75) is 57.4 Å². The van der Waals surface area contributed by atoms with Gasteiger partial charge in [0.05, 0.1) is 5.69 Å². The van der Waals surface area contributed by atoms with E-state index in [9.17, 15) is 18.7 Å². The summed E-state index contributed by atoms with van der Waals surface area (Å²) in [6.07, 6.45) is 3.68. The molecular weight excluding hydrogens is 502 g/mol. The third kappa shape index (κ3) is 8.95. The minimum absolute atomic E-state index is 0.219. The highest BCUT2D eigenvalue weighted by Gasteiger charge is 2.20. The lowest BCUT2D eigenvalue weighted by molar-refractivity contribution is -0.138. The fourth-order valence-electron chi connectivity index (χ4n) is 4.72. The number of aliphatic carboxylic acids is 1. The zero-order chi connectivity index (χ0) is 27.5. The number of fused-ring (bicyclic) bond motifs is 1. The Bertz CT molecular complexity index is 1200. The fourth-order valence-corrected chi connectivity index (χ4v) is 4.72. The zero-order valence-electron chi connectivity index (χ0n) is 22.0. The van der Waals surface area contributed by atoms with Gasteiger partial charge >= 0.3 is 5.97 Å². The lowest BCUT2D eigenvalue weighted by atomic mass is 10.1. The van der Waals surface area contributed by atoms with Crippen molar-refractivity contribution in [1.29, 1.82) is 0 Å². The standard InChI is InChI=1S/C29H36F2N6O2/c30-26(31)14-18-37(16-5-4-10-23-12-11-22-9-6-15-32-28(22)35-23)17-13-24(29(38)39)36-27-19-25(33-20-34-27)21-7-2-1-3-8-21/h1-3,7-8,11-12,19-20,24,26H,4-6,9-10,13-18H2,(H,32,35)(H,38,39)(H,33,34,36)/t24-/m0/s1. The van der Waals surface area contributed by atoms with Crippen molar-refractivity contribution in [3.05, 3.63) is 66.1 Å². The van der Waals surface area contributed by atoms with E-state index >= 15 is 0 Å². The Labute approximate surface area is 227 Å². The number of nitrogens with one attached hydrogen (secondary N) is 2. The number of benzene rings is 1. The Balaban J connectivity index is 1.30. The summed E-state index contributed by atoms with van der Waals surface area (Å²) in [7, 11) is 0. The molecule has 0 aliphatic carbocycles. The molecule has 0 unspecified atom stereocenters. The molecule has 10 heteroatoms.